The Morgan fingerprint density at radius 3 is 2.53 bits per heavy atom. The number of rotatable bonds is 11. The van der Waals surface area contributed by atoms with Gasteiger partial charge in [-0.1, -0.05) is 0 Å². The van der Waals surface area contributed by atoms with Gasteiger partial charge in [0, 0.05) is 32.4 Å². The summed E-state index contributed by atoms with van der Waals surface area (Å²) in [7, 11) is -2.69. The Hall–Kier alpha value is -2.76. The Morgan fingerprint density at radius 2 is 1.93 bits per heavy atom. The van der Waals surface area contributed by atoms with E-state index in [9.17, 15) is 18.0 Å². The first-order valence-corrected chi connectivity index (χ1v) is 10.7. The molecule has 10 nitrogen and oxygen atoms in total. The summed E-state index contributed by atoms with van der Waals surface area (Å²) in [5.41, 5.74) is 0.443. The molecule has 0 bridgehead atoms. The third-order valence-electron chi connectivity index (χ3n) is 3.97. The normalized spacial score (nSPS) is 11.5. The second-order valence-corrected chi connectivity index (χ2v) is 8.15. The highest BCUT2D eigenvalue weighted by atomic mass is 32.2. The number of aromatic nitrogens is 1. The van der Waals surface area contributed by atoms with E-state index in [2.05, 4.69) is 15.0 Å². The monoisotopic (exact) mass is 439 g/mol. The summed E-state index contributed by atoms with van der Waals surface area (Å²) in [5, 5.41) is 2.59. The second kappa shape index (κ2) is 10.9. The third kappa shape index (κ3) is 6.37. The minimum absolute atomic E-state index is 0.0428. The summed E-state index contributed by atoms with van der Waals surface area (Å²) in [6.07, 6.45) is 1.58. The highest BCUT2D eigenvalue weighted by Gasteiger charge is 2.26. The summed E-state index contributed by atoms with van der Waals surface area (Å²) in [4.78, 5) is 26.8. The minimum Gasteiger partial charge on any atom is -0.464 e. The van der Waals surface area contributed by atoms with E-state index in [0.717, 1.165) is 6.26 Å². The molecule has 0 saturated heterocycles. The first kappa shape index (κ1) is 23.5. The zero-order valence-electron chi connectivity index (χ0n) is 17.1. The van der Waals surface area contributed by atoms with Crippen molar-refractivity contribution in [3.63, 3.8) is 0 Å². The number of amides is 1. The van der Waals surface area contributed by atoms with Gasteiger partial charge in [0.05, 0.1) is 18.6 Å². The molecule has 0 aliphatic rings. The fraction of sp³-hybridized carbons (Fsp3) is 0.421. The van der Waals surface area contributed by atoms with Crippen LogP contribution in [-0.2, 0) is 30.8 Å². The Balaban J connectivity index is 2.24. The topological polar surface area (TPSA) is 128 Å². The van der Waals surface area contributed by atoms with Gasteiger partial charge in [0.25, 0.3) is 0 Å². The summed E-state index contributed by atoms with van der Waals surface area (Å²) in [6.45, 7) is 4.13. The standard InChI is InChI=1S/C19H25N3O7S/c1-4-28-11-5-10-22(12-18-21-17(13-29-18)19(24)27-3)30(25,26)16-8-6-15(7-9-16)20-14(2)23/h6-9,13H,4-5,10-12H2,1-3H3,(H,20,23). The fourth-order valence-corrected chi connectivity index (χ4v) is 3.99. The number of carbonyl (C=O) groups excluding carboxylic acids is 2. The van der Waals surface area contributed by atoms with Crippen LogP contribution in [0.25, 0.3) is 0 Å². The van der Waals surface area contributed by atoms with E-state index >= 15 is 0 Å². The highest BCUT2D eigenvalue weighted by molar-refractivity contribution is 7.89. The van der Waals surface area contributed by atoms with Crippen LogP contribution in [0.4, 0.5) is 5.69 Å². The number of oxazole rings is 1. The molecule has 0 spiro atoms. The van der Waals surface area contributed by atoms with Gasteiger partial charge < -0.3 is 19.2 Å². The molecule has 1 heterocycles. The van der Waals surface area contributed by atoms with Crippen LogP contribution in [0.15, 0.2) is 39.8 Å². The number of carbonyl (C=O) groups is 2. The summed E-state index contributed by atoms with van der Waals surface area (Å²) >= 11 is 0. The minimum atomic E-state index is -3.90. The molecule has 0 aliphatic carbocycles. The quantitative estimate of drug-likeness (QED) is 0.416. The van der Waals surface area contributed by atoms with Gasteiger partial charge in [-0.3, -0.25) is 4.79 Å². The number of nitrogens with zero attached hydrogens (tertiary/aromatic N) is 2. The number of anilines is 1. The maximum atomic E-state index is 13.2. The number of hydrogen-bond donors (Lipinski definition) is 1. The van der Waals surface area contributed by atoms with Gasteiger partial charge in [0.2, 0.25) is 21.8 Å². The van der Waals surface area contributed by atoms with Gasteiger partial charge in [-0.2, -0.15) is 4.31 Å². The molecule has 1 N–H and O–H groups in total. The van der Waals surface area contributed by atoms with Crippen molar-refractivity contribution in [2.75, 3.05) is 32.2 Å². The fourth-order valence-electron chi connectivity index (χ4n) is 2.57. The van der Waals surface area contributed by atoms with Gasteiger partial charge >= 0.3 is 5.97 Å². The predicted octanol–water partition coefficient (Wildman–Crippen LogP) is 2.04. The number of nitrogens with one attached hydrogen (secondary N) is 1. The maximum Gasteiger partial charge on any atom is 0.360 e. The Kier molecular flexibility index (Phi) is 8.51. The molecule has 2 rings (SSSR count). The van der Waals surface area contributed by atoms with Crippen molar-refractivity contribution in [1.82, 2.24) is 9.29 Å². The molecule has 1 amide bonds. The van der Waals surface area contributed by atoms with Crippen molar-refractivity contribution >= 4 is 27.6 Å². The van der Waals surface area contributed by atoms with Crippen LogP contribution >= 0.6 is 0 Å². The number of methoxy groups -OCH3 is 1. The van der Waals surface area contributed by atoms with E-state index in [-0.39, 0.29) is 35.5 Å². The van der Waals surface area contributed by atoms with Crippen LogP contribution in [0.2, 0.25) is 0 Å². The number of sulfonamides is 1. The van der Waals surface area contributed by atoms with Crippen LogP contribution in [0, 0.1) is 0 Å². The van der Waals surface area contributed by atoms with Crippen LogP contribution in [-0.4, -0.2) is 56.5 Å². The van der Waals surface area contributed by atoms with Gasteiger partial charge in [-0.05, 0) is 37.6 Å². The molecule has 30 heavy (non-hydrogen) atoms. The molecular formula is C19H25N3O7S. The molecule has 1 aromatic heterocycles. The molecule has 1 aromatic carbocycles. The molecule has 164 valence electrons. The third-order valence-corrected chi connectivity index (χ3v) is 5.83. The lowest BCUT2D eigenvalue weighted by molar-refractivity contribution is -0.114. The summed E-state index contributed by atoms with van der Waals surface area (Å²) in [6, 6.07) is 5.83. The van der Waals surface area contributed by atoms with E-state index < -0.39 is 16.0 Å². The molecule has 0 atom stereocenters. The lowest BCUT2D eigenvalue weighted by Gasteiger charge is -2.21. The van der Waals surface area contributed by atoms with Crippen molar-refractivity contribution < 1.29 is 31.9 Å². The van der Waals surface area contributed by atoms with Gasteiger partial charge in [0.1, 0.15) is 6.26 Å². The molecule has 0 saturated carbocycles. The SMILES string of the molecule is CCOCCCN(Cc1nc(C(=O)OC)co1)S(=O)(=O)c1ccc(NC(C)=O)cc1. The van der Waals surface area contributed by atoms with E-state index in [0.29, 0.717) is 25.3 Å². The number of benzene rings is 1. The largest absolute Gasteiger partial charge is 0.464 e. The summed E-state index contributed by atoms with van der Waals surface area (Å²) < 4.78 is 42.7. The van der Waals surface area contributed by atoms with Crippen molar-refractivity contribution in [1.29, 1.82) is 0 Å². The van der Waals surface area contributed by atoms with Gasteiger partial charge in [-0.15, -0.1) is 0 Å². The smallest absolute Gasteiger partial charge is 0.360 e. The van der Waals surface area contributed by atoms with E-state index in [4.69, 9.17) is 9.15 Å². The first-order chi connectivity index (χ1) is 14.3. The molecule has 0 radical (unpaired) electrons. The molecule has 2 aromatic rings. The van der Waals surface area contributed by atoms with E-state index in [1.807, 2.05) is 6.92 Å². The highest BCUT2D eigenvalue weighted by Crippen LogP contribution is 2.21. The molecular weight excluding hydrogens is 414 g/mol. The van der Waals surface area contributed by atoms with Crippen molar-refractivity contribution in [2.24, 2.45) is 0 Å². The van der Waals surface area contributed by atoms with Crippen LogP contribution in [0.3, 0.4) is 0 Å². The maximum absolute atomic E-state index is 13.2. The lowest BCUT2D eigenvalue weighted by atomic mass is 10.3. The van der Waals surface area contributed by atoms with Crippen LogP contribution in [0.1, 0.15) is 36.6 Å². The average molecular weight is 439 g/mol. The first-order valence-electron chi connectivity index (χ1n) is 9.26. The van der Waals surface area contributed by atoms with Gasteiger partial charge in [-0.25, -0.2) is 18.2 Å². The van der Waals surface area contributed by atoms with E-state index in [1.165, 1.54) is 42.6 Å². The van der Waals surface area contributed by atoms with Crippen molar-refractivity contribution in [3.8, 4) is 0 Å². The zero-order valence-corrected chi connectivity index (χ0v) is 17.9. The molecule has 0 unspecified atom stereocenters. The van der Waals surface area contributed by atoms with E-state index in [1.54, 1.807) is 0 Å². The number of ether oxygens (including phenoxy) is 2. The summed E-state index contributed by atoms with van der Waals surface area (Å²) in [5.74, 6) is -0.872. The molecule has 11 heteroatoms. The van der Waals surface area contributed by atoms with Crippen molar-refractivity contribution in [2.45, 2.75) is 31.7 Å². The Bertz CT molecular complexity index is 955. The Labute approximate surface area is 175 Å². The number of esters is 1. The molecule has 0 aliphatic heterocycles. The second-order valence-electron chi connectivity index (χ2n) is 6.21. The average Bonchev–Trinajstić information content (AvgIpc) is 3.18. The van der Waals surface area contributed by atoms with Crippen LogP contribution < -0.4 is 5.32 Å². The number of hydrogen-bond acceptors (Lipinski definition) is 8. The lowest BCUT2D eigenvalue weighted by Crippen LogP contribution is -2.32. The van der Waals surface area contributed by atoms with Crippen molar-refractivity contribution in [3.05, 3.63) is 42.1 Å². The zero-order chi connectivity index (χ0) is 22.1. The Morgan fingerprint density at radius 1 is 1.23 bits per heavy atom. The van der Waals surface area contributed by atoms with Crippen LogP contribution in [0.5, 0.6) is 0 Å². The molecule has 0 fully saturated rings. The van der Waals surface area contributed by atoms with Gasteiger partial charge in [0.15, 0.2) is 5.69 Å². The predicted molar refractivity (Wildman–Crippen MR) is 107 cm³/mol.